The molecule has 9 heteroatoms. The van der Waals surface area contributed by atoms with Crippen LogP contribution in [0.3, 0.4) is 0 Å². The van der Waals surface area contributed by atoms with Gasteiger partial charge in [-0.25, -0.2) is 9.96 Å². The fraction of sp³-hybridized carbons (Fsp3) is 0.111. The average molecular weight is 500 g/mol. The van der Waals surface area contributed by atoms with Crippen molar-refractivity contribution in [1.29, 1.82) is 0 Å². The first kappa shape index (κ1) is 22.2. The van der Waals surface area contributed by atoms with Crippen molar-refractivity contribution in [2.75, 3.05) is 9.96 Å². The molecule has 2 amide bonds. The van der Waals surface area contributed by atoms with Crippen molar-refractivity contribution in [3.63, 3.8) is 0 Å². The van der Waals surface area contributed by atoms with E-state index in [1.165, 1.54) is 23.3 Å². The highest BCUT2D eigenvalue weighted by atomic mass is 35.5. The van der Waals surface area contributed by atoms with Gasteiger partial charge in [-0.3, -0.25) is 24.5 Å². The smallest absolute Gasteiger partial charge is 0.269 e. The quantitative estimate of drug-likeness (QED) is 0.210. The molecule has 2 aliphatic heterocycles. The molecule has 0 N–H and O–H groups in total. The number of fused-ring (bicyclic) bond motifs is 2. The van der Waals surface area contributed by atoms with Crippen LogP contribution in [0, 0.1) is 16.0 Å². The normalized spacial score (nSPS) is 21.3. The van der Waals surface area contributed by atoms with Gasteiger partial charge in [0.15, 0.2) is 6.10 Å². The molecule has 2 saturated heterocycles. The number of halogens is 1. The Kier molecular flexibility index (Phi) is 5.21. The van der Waals surface area contributed by atoms with Crippen molar-refractivity contribution in [3.05, 3.63) is 112 Å². The molecule has 36 heavy (non-hydrogen) atoms. The monoisotopic (exact) mass is 499 g/mol. The maximum atomic E-state index is 14.0. The highest BCUT2D eigenvalue weighted by molar-refractivity contribution is 6.32. The number of imide groups is 1. The van der Waals surface area contributed by atoms with Crippen molar-refractivity contribution in [1.82, 2.24) is 0 Å². The summed E-state index contributed by atoms with van der Waals surface area (Å²) in [5, 5.41) is 14.9. The number of rotatable bonds is 4. The van der Waals surface area contributed by atoms with E-state index in [-0.39, 0.29) is 10.7 Å². The van der Waals surface area contributed by atoms with Crippen LogP contribution in [0.5, 0.6) is 0 Å². The number of nitrogens with zero attached hydrogens (tertiary/aromatic N) is 3. The molecule has 2 heterocycles. The predicted octanol–water partition coefficient (Wildman–Crippen LogP) is 5.45. The maximum Gasteiger partial charge on any atom is 0.269 e. The highest BCUT2D eigenvalue weighted by Gasteiger charge is 2.61. The number of non-ortho nitro benzene ring substituents is 1. The van der Waals surface area contributed by atoms with Gasteiger partial charge in [0.25, 0.3) is 11.6 Å². The predicted molar refractivity (Wildman–Crippen MR) is 135 cm³/mol. The molecule has 0 unspecified atom stereocenters. The number of anilines is 2. The molecule has 6 rings (SSSR count). The number of para-hydroxylation sites is 1. The lowest BCUT2D eigenvalue weighted by molar-refractivity contribution is -0.384. The van der Waals surface area contributed by atoms with E-state index in [0.717, 1.165) is 15.7 Å². The summed E-state index contributed by atoms with van der Waals surface area (Å²) in [5.74, 6) is -1.91. The number of nitro groups is 1. The third kappa shape index (κ3) is 3.34. The molecule has 0 aromatic heterocycles. The van der Waals surface area contributed by atoms with Crippen LogP contribution < -0.4 is 9.96 Å². The SMILES string of the molecule is O=C1[C@@H]2[C@H](ON(c3ccccc3)[C@@H]2c2cc([N+](=O)[O-])ccc2Cl)C(=O)N1c1cccc2ccccc12. The number of hydroxylamine groups is 1. The first-order valence-corrected chi connectivity index (χ1v) is 11.6. The molecule has 0 saturated carbocycles. The topological polar surface area (TPSA) is 93.0 Å². The minimum Gasteiger partial charge on any atom is -0.273 e. The van der Waals surface area contributed by atoms with E-state index in [1.807, 2.05) is 36.4 Å². The molecule has 0 radical (unpaired) electrons. The van der Waals surface area contributed by atoms with Crippen molar-refractivity contribution in [2.24, 2.45) is 5.92 Å². The summed E-state index contributed by atoms with van der Waals surface area (Å²) in [6.45, 7) is 0. The van der Waals surface area contributed by atoms with Gasteiger partial charge in [-0.05, 0) is 29.7 Å². The Morgan fingerprint density at radius 3 is 2.36 bits per heavy atom. The maximum absolute atomic E-state index is 14.0. The van der Waals surface area contributed by atoms with Crippen molar-refractivity contribution < 1.29 is 19.3 Å². The largest absolute Gasteiger partial charge is 0.273 e. The second kappa shape index (κ2) is 8.44. The van der Waals surface area contributed by atoms with Crippen LogP contribution >= 0.6 is 11.6 Å². The van der Waals surface area contributed by atoms with Gasteiger partial charge in [0.1, 0.15) is 5.92 Å². The Balaban J connectivity index is 1.50. The van der Waals surface area contributed by atoms with Crippen LogP contribution in [-0.4, -0.2) is 22.8 Å². The Hall–Kier alpha value is -4.27. The summed E-state index contributed by atoms with van der Waals surface area (Å²) in [6, 6.07) is 25.1. The zero-order valence-electron chi connectivity index (χ0n) is 18.7. The third-order valence-electron chi connectivity index (χ3n) is 6.64. The molecule has 4 aromatic carbocycles. The third-order valence-corrected chi connectivity index (χ3v) is 6.99. The van der Waals surface area contributed by atoms with E-state index in [2.05, 4.69) is 0 Å². The summed E-state index contributed by atoms with van der Waals surface area (Å²) < 4.78 is 0. The fourth-order valence-electron chi connectivity index (χ4n) is 5.04. The van der Waals surface area contributed by atoms with Gasteiger partial charge in [-0.1, -0.05) is 66.2 Å². The van der Waals surface area contributed by atoms with Gasteiger partial charge in [-0.15, -0.1) is 0 Å². The zero-order chi connectivity index (χ0) is 25.0. The Morgan fingerprint density at radius 2 is 1.58 bits per heavy atom. The summed E-state index contributed by atoms with van der Waals surface area (Å²) in [4.78, 5) is 45.9. The van der Waals surface area contributed by atoms with Gasteiger partial charge < -0.3 is 0 Å². The van der Waals surface area contributed by atoms with Crippen LogP contribution in [-0.2, 0) is 14.4 Å². The molecule has 0 aliphatic carbocycles. The minimum atomic E-state index is -1.11. The number of hydrogen-bond donors (Lipinski definition) is 0. The van der Waals surface area contributed by atoms with Gasteiger partial charge >= 0.3 is 0 Å². The van der Waals surface area contributed by atoms with E-state index in [1.54, 1.807) is 36.4 Å². The number of carbonyl (C=O) groups is 2. The Morgan fingerprint density at radius 1 is 0.861 bits per heavy atom. The lowest BCUT2D eigenvalue weighted by Gasteiger charge is -2.29. The molecule has 8 nitrogen and oxygen atoms in total. The van der Waals surface area contributed by atoms with Gasteiger partial charge in [-0.2, -0.15) is 0 Å². The second-order valence-electron chi connectivity index (χ2n) is 8.63. The number of amides is 2. The first-order valence-electron chi connectivity index (χ1n) is 11.3. The van der Waals surface area contributed by atoms with E-state index < -0.39 is 34.8 Å². The highest BCUT2D eigenvalue weighted by Crippen LogP contribution is 2.50. The molecule has 2 fully saturated rings. The lowest BCUT2D eigenvalue weighted by atomic mass is 9.90. The number of nitro benzene ring substituents is 1. The molecular formula is C27H18ClN3O5. The number of benzene rings is 4. The second-order valence-corrected chi connectivity index (χ2v) is 9.04. The Bertz CT molecular complexity index is 1540. The molecule has 4 aromatic rings. The van der Waals surface area contributed by atoms with Gasteiger partial charge in [0, 0.05) is 28.1 Å². The van der Waals surface area contributed by atoms with Crippen LogP contribution in [0.4, 0.5) is 17.1 Å². The van der Waals surface area contributed by atoms with Crippen LogP contribution in [0.1, 0.15) is 11.6 Å². The number of carbonyl (C=O) groups excluding carboxylic acids is 2. The van der Waals surface area contributed by atoms with Gasteiger partial charge in [0.2, 0.25) is 5.91 Å². The number of hydrogen-bond acceptors (Lipinski definition) is 6. The van der Waals surface area contributed by atoms with Crippen molar-refractivity contribution >= 4 is 51.2 Å². The summed E-state index contributed by atoms with van der Waals surface area (Å²) in [7, 11) is 0. The molecule has 3 atom stereocenters. The molecule has 2 aliphatic rings. The van der Waals surface area contributed by atoms with E-state index in [0.29, 0.717) is 16.9 Å². The van der Waals surface area contributed by atoms with Crippen LogP contribution in [0.15, 0.2) is 91.0 Å². The minimum absolute atomic E-state index is 0.173. The first-order chi connectivity index (χ1) is 17.5. The molecule has 178 valence electrons. The lowest BCUT2D eigenvalue weighted by Crippen LogP contribution is -2.37. The summed E-state index contributed by atoms with van der Waals surface area (Å²) in [5.41, 5.74) is 1.23. The van der Waals surface area contributed by atoms with E-state index in [9.17, 15) is 19.7 Å². The van der Waals surface area contributed by atoms with Crippen LogP contribution in [0.25, 0.3) is 10.8 Å². The Labute approximate surface area is 210 Å². The van der Waals surface area contributed by atoms with E-state index in [4.69, 9.17) is 16.4 Å². The van der Waals surface area contributed by atoms with Crippen LogP contribution in [0.2, 0.25) is 5.02 Å². The summed E-state index contributed by atoms with van der Waals surface area (Å²) >= 11 is 6.53. The average Bonchev–Trinajstić information content (AvgIpc) is 3.40. The fourth-order valence-corrected chi connectivity index (χ4v) is 5.27. The standard InChI is InChI=1S/C27H18ClN3O5/c28-21-14-13-18(31(34)35)15-20(21)24-23-25(36-30(24)17-9-2-1-3-10-17)27(33)29(26(23)32)22-12-6-8-16-7-4-5-11-19(16)22/h1-15,23-25H/t23-,24+,25-/m0/s1. The summed E-state index contributed by atoms with van der Waals surface area (Å²) in [6.07, 6.45) is -1.11. The van der Waals surface area contributed by atoms with Crippen molar-refractivity contribution in [2.45, 2.75) is 12.1 Å². The van der Waals surface area contributed by atoms with Gasteiger partial charge in [0.05, 0.1) is 22.3 Å². The van der Waals surface area contributed by atoms with E-state index >= 15 is 0 Å². The molecule has 0 spiro atoms. The zero-order valence-corrected chi connectivity index (χ0v) is 19.4. The van der Waals surface area contributed by atoms with Crippen molar-refractivity contribution in [3.8, 4) is 0 Å². The molecular weight excluding hydrogens is 482 g/mol. The molecule has 0 bridgehead atoms.